The van der Waals surface area contributed by atoms with Gasteiger partial charge in [0.15, 0.2) is 0 Å². The molecule has 1 aliphatic heterocycles. The fourth-order valence-electron chi connectivity index (χ4n) is 3.69. The molecule has 0 spiro atoms. The third-order valence-electron chi connectivity index (χ3n) is 5.31. The lowest BCUT2D eigenvalue weighted by atomic mass is 10.1. The molecule has 4 rings (SSSR count). The maximum atomic E-state index is 13.9. The second-order valence-corrected chi connectivity index (χ2v) is 9.29. The van der Waals surface area contributed by atoms with Crippen LogP contribution in [-0.2, 0) is 17.8 Å². The number of fused-ring (bicyclic) bond motifs is 1. The van der Waals surface area contributed by atoms with Gasteiger partial charge >= 0.3 is 0 Å². The molecule has 0 aromatic heterocycles. The first kappa shape index (κ1) is 22.9. The number of hydrogen-bond acceptors (Lipinski definition) is 3. The molecule has 0 saturated heterocycles. The van der Waals surface area contributed by atoms with Gasteiger partial charge in [-0.25, -0.2) is 13.2 Å². The fraction of sp³-hybridized carbons (Fsp3) is 0.200. The van der Waals surface area contributed by atoms with Gasteiger partial charge in [-0.1, -0.05) is 37.3 Å². The topological polar surface area (TPSA) is 49.4 Å². The highest BCUT2D eigenvalue weighted by atomic mass is 32.2. The Morgan fingerprint density at radius 3 is 2.42 bits per heavy atom. The fourth-order valence-corrected chi connectivity index (χ4v) is 4.79. The predicted molar refractivity (Wildman–Crippen MR) is 122 cm³/mol. The van der Waals surface area contributed by atoms with Crippen LogP contribution in [0.25, 0.3) is 0 Å². The summed E-state index contributed by atoms with van der Waals surface area (Å²) in [5, 5.41) is 2.65. The SMILES string of the molecule is CC1CN(C(=O)Cc2ccccc2)c2cc(C(=O)NCc3c(F)cc(F)cc3F)ccc2S1. The van der Waals surface area contributed by atoms with Crippen molar-refractivity contribution < 1.29 is 22.8 Å². The van der Waals surface area contributed by atoms with Crippen molar-refractivity contribution in [1.29, 1.82) is 0 Å². The third-order valence-corrected chi connectivity index (χ3v) is 6.46. The Bertz CT molecular complexity index is 1180. The zero-order valence-electron chi connectivity index (χ0n) is 17.8. The molecular formula is C25H21F3N2O2S. The molecule has 8 heteroatoms. The Morgan fingerprint density at radius 1 is 1.03 bits per heavy atom. The van der Waals surface area contributed by atoms with Gasteiger partial charge in [0, 0.05) is 46.5 Å². The smallest absolute Gasteiger partial charge is 0.251 e. The van der Waals surface area contributed by atoms with Crippen LogP contribution < -0.4 is 10.2 Å². The van der Waals surface area contributed by atoms with Crippen molar-refractivity contribution in [3.05, 3.63) is 94.8 Å². The van der Waals surface area contributed by atoms with Crippen LogP contribution in [-0.4, -0.2) is 23.6 Å². The molecular weight excluding hydrogens is 449 g/mol. The quantitative estimate of drug-likeness (QED) is 0.564. The van der Waals surface area contributed by atoms with E-state index in [2.05, 4.69) is 5.32 Å². The lowest BCUT2D eigenvalue weighted by Gasteiger charge is -2.33. The molecule has 0 aliphatic carbocycles. The van der Waals surface area contributed by atoms with Crippen molar-refractivity contribution in [3.8, 4) is 0 Å². The van der Waals surface area contributed by atoms with Crippen molar-refractivity contribution in [1.82, 2.24) is 5.32 Å². The number of carbonyl (C=O) groups excluding carboxylic acids is 2. The van der Waals surface area contributed by atoms with E-state index in [1.807, 2.05) is 37.3 Å². The lowest BCUT2D eigenvalue weighted by Crippen LogP contribution is -2.39. The first-order valence-corrected chi connectivity index (χ1v) is 11.3. The van der Waals surface area contributed by atoms with E-state index < -0.39 is 35.5 Å². The summed E-state index contributed by atoms with van der Waals surface area (Å²) in [6.45, 7) is 2.10. The number of nitrogens with one attached hydrogen (secondary N) is 1. The van der Waals surface area contributed by atoms with Crippen molar-refractivity contribution in [2.75, 3.05) is 11.4 Å². The van der Waals surface area contributed by atoms with Gasteiger partial charge in [-0.2, -0.15) is 0 Å². The average Bonchev–Trinajstić information content (AvgIpc) is 2.78. The van der Waals surface area contributed by atoms with Crippen LogP contribution in [0, 0.1) is 17.5 Å². The molecule has 1 aliphatic rings. The van der Waals surface area contributed by atoms with Crippen LogP contribution in [0.2, 0.25) is 0 Å². The number of hydrogen-bond donors (Lipinski definition) is 1. The van der Waals surface area contributed by atoms with Gasteiger partial charge < -0.3 is 10.2 Å². The van der Waals surface area contributed by atoms with Gasteiger partial charge in [0.2, 0.25) is 5.91 Å². The standard InChI is InChI=1S/C25H21F3N2O2S/c1-15-14-30(24(31)9-16-5-3-2-4-6-16)22-10-17(7-8-23(22)33-15)25(32)29-13-19-20(27)11-18(26)12-21(19)28/h2-8,10-12,15H,9,13-14H2,1H3,(H,29,32). The van der Waals surface area contributed by atoms with Gasteiger partial charge in [0.05, 0.1) is 12.1 Å². The summed E-state index contributed by atoms with van der Waals surface area (Å²) in [4.78, 5) is 28.3. The second kappa shape index (κ2) is 9.70. The number of carbonyl (C=O) groups is 2. The van der Waals surface area contributed by atoms with Crippen molar-refractivity contribution in [2.45, 2.75) is 30.0 Å². The van der Waals surface area contributed by atoms with Gasteiger partial charge in [-0.05, 0) is 23.8 Å². The molecule has 0 saturated carbocycles. The summed E-state index contributed by atoms with van der Waals surface area (Å²) >= 11 is 1.61. The van der Waals surface area contributed by atoms with E-state index in [0.29, 0.717) is 24.4 Å². The molecule has 2 amide bonds. The third kappa shape index (κ3) is 5.22. The van der Waals surface area contributed by atoms with Crippen LogP contribution in [0.1, 0.15) is 28.4 Å². The van der Waals surface area contributed by atoms with Crippen LogP contribution in [0.15, 0.2) is 65.6 Å². The maximum Gasteiger partial charge on any atom is 0.251 e. The summed E-state index contributed by atoms with van der Waals surface area (Å²) < 4.78 is 40.8. The van der Waals surface area contributed by atoms with E-state index in [4.69, 9.17) is 0 Å². The summed E-state index contributed by atoms with van der Waals surface area (Å²) in [6, 6.07) is 15.5. The molecule has 4 nitrogen and oxygen atoms in total. The van der Waals surface area contributed by atoms with Crippen molar-refractivity contribution >= 4 is 29.3 Å². The Balaban J connectivity index is 1.54. The minimum Gasteiger partial charge on any atom is -0.348 e. The Hall–Kier alpha value is -3.26. The van der Waals surface area contributed by atoms with Crippen LogP contribution in [0.3, 0.4) is 0 Å². The van der Waals surface area contributed by atoms with Gasteiger partial charge in [0.25, 0.3) is 5.91 Å². The van der Waals surface area contributed by atoms with E-state index >= 15 is 0 Å². The first-order chi connectivity index (χ1) is 15.8. The summed E-state index contributed by atoms with van der Waals surface area (Å²) in [5.74, 6) is -3.80. The molecule has 1 unspecified atom stereocenters. The number of halogens is 3. The van der Waals surface area contributed by atoms with E-state index in [-0.39, 0.29) is 23.1 Å². The molecule has 3 aromatic carbocycles. The molecule has 1 atom stereocenters. The molecule has 170 valence electrons. The van der Waals surface area contributed by atoms with Gasteiger partial charge in [-0.3, -0.25) is 9.59 Å². The van der Waals surface area contributed by atoms with E-state index in [1.165, 1.54) is 0 Å². The highest BCUT2D eigenvalue weighted by Crippen LogP contribution is 2.39. The van der Waals surface area contributed by atoms with Crippen LogP contribution in [0.4, 0.5) is 18.9 Å². The molecule has 1 heterocycles. The average molecular weight is 471 g/mol. The van der Waals surface area contributed by atoms with E-state index in [9.17, 15) is 22.8 Å². The maximum absolute atomic E-state index is 13.9. The van der Waals surface area contributed by atoms with Crippen LogP contribution >= 0.6 is 11.8 Å². The molecule has 33 heavy (non-hydrogen) atoms. The summed E-state index contributed by atoms with van der Waals surface area (Å²) in [6.07, 6.45) is 0.233. The molecule has 0 radical (unpaired) electrons. The minimum atomic E-state index is -1.07. The molecule has 0 fully saturated rings. The van der Waals surface area contributed by atoms with Gasteiger partial charge in [-0.15, -0.1) is 11.8 Å². The van der Waals surface area contributed by atoms with Gasteiger partial charge in [0.1, 0.15) is 17.5 Å². The van der Waals surface area contributed by atoms with E-state index in [1.54, 1.807) is 34.9 Å². The zero-order valence-corrected chi connectivity index (χ0v) is 18.6. The number of nitrogens with zero attached hydrogens (tertiary/aromatic N) is 1. The highest BCUT2D eigenvalue weighted by molar-refractivity contribution is 8.00. The Labute approximate surface area is 193 Å². The number of anilines is 1. The highest BCUT2D eigenvalue weighted by Gasteiger charge is 2.28. The van der Waals surface area contributed by atoms with Crippen LogP contribution in [0.5, 0.6) is 0 Å². The lowest BCUT2D eigenvalue weighted by molar-refractivity contribution is -0.118. The van der Waals surface area contributed by atoms with E-state index in [0.717, 1.165) is 10.5 Å². The Kier molecular flexibility index (Phi) is 6.74. The largest absolute Gasteiger partial charge is 0.348 e. The number of thioether (sulfide) groups is 1. The minimum absolute atomic E-state index is 0.0809. The van der Waals surface area contributed by atoms with Crippen molar-refractivity contribution in [3.63, 3.8) is 0 Å². The number of amides is 2. The summed E-state index contributed by atoms with van der Waals surface area (Å²) in [5.41, 5.74) is 1.36. The first-order valence-electron chi connectivity index (χ1n) is 10.4. The predicted octanol–water partition coefficient (Wildman–Crippen LogP) is 5.10. The van der Waals surface area contributed by atoms with Crippen molar-refractivity contribution in [2.24, 2.45) is 0 Å². The summed E-state index contributed by atoms with van der Waals surface area (Å²) in [7, 11) is 0. The second-order valence-electron chi connectivity index (χ2n) is 7.81. The Morgan fingerprint density at radius 2 is 1.73 bits per heavy atom. The normalized spacial score (nSPS) is 15.2. The molecule has 1 N–H and O–H groups in total. The number of benzene rings is 3. The molecule has 0 bridgehead atoms. The molecule has 3 aromatic rings. The monoisotopic (exact) mass is 470 g/mol. The zero-order chi connectivity index (χ0) is 23.5. The number of rotatable bonds is 5.